The lowest BCUT2D eigenvalue weighted by Crippen LogP contribution is -2.11. The molecule has 0 aliphatic heterocycles. The van der Waals surface area contributed by atoms with E-state index in [1.807, 2.05) is 6.20 Å². The largest absolute Gasteiger partial charge is 0.361 e. The van der Waals surface area contributed by atoms with Crippen LogP contribution in [0, 0.1) is 0 Å². The highest BCUT2D eigenvalue weighted by atomic mass is 16.5. The molecule has 0 aromatic carbocycles. The fourth-order valence-electron chi connectivity index (χ4n) is 1.50. The van der Waals surface area contributed by atoms with Crippen molar-refractivity contribution in [3.63, 3.8) is 0 Å². The van der Waals surface area contributed by atoms with Crippen LogP contribution in [-0.2, 0) is 5.41 Å². The molecule has 1 aliphatic rings. The molecule has 1 heterocycles. The molecule has 0 atom stereocenters. The molecule has 0 unspecified atom stereocenters. The molecule has 0 bridgehead atoms. The van der Waals surface area contributed by atoms with Gasteiger partial charge in [-0.15, -0.1) is 0 Å². The third-order valence-corrected chi connectivity index (χ3v) is 2.30. The molecule has 1 aliphatic carbocycles. The Morgan fingerprint density at radius 3 is 2.58 bits per heavy atom. The van der Waals surface area contributed by atoms with Gasteiger partial charge < -0.3 is 4.52 Å². The van der Waals surface area contributed by atoms with Gasteiger partial charge >= 0.3 is 0 Å². The average molecular weight is 165 g/mol. The van der Waals surface area contributed by atoms with Crippen molar-refractivity contribution in [1.82, 2.24) is 5.16 Å². The van der Waals surface area contributed by atoms with Gasteiger partial charge in [0.25, 0.3) is 0 Å². The van der Waals surface area contributed by atoms with Crippen LogP contribution in [-0.4, -0.2) is 5.16 Å². The molecule has 1 fully saturated rings. The van der Waals surface area contributed by atoms with Crippen LogP contribution in [0.25, 0.3) is 0 Å². The van der Waals surface area contributed by atoms with E-state index < -0.39 is 0 Å². The lowest BCUT2D eigenvalue weighted by Gasteiger charge is -2.15. The molecule has 1 aromatic heterocycles. The Morgan fingerprint density at radius 1 is 1.42 bits per heavy atom. The van der Waals surface area contributed by atoms with Crippen LogP contribution in [0.4, 0.5) is 0 Å². The van der Waals surface area contributed by atoms with Gasteiger partial charge in [-0.2, -0.15) is 0 Å². The van der Waals surface area contributed by atoms with Crippen LogP contribution in [0.5, 0.6) is 0 Å². The third-order valence-electron chi connectivity index (χ3n) is 2.30. The summed E-state index contributed by atoms with van der Waals surface area (Å²) in [5.74, 6) is 1.82. The second kappa shape index (κ2) is 2.35. The SMILES string of the molecule is CC(C)(C)c1oncc1C1CC1. The van der Waals surface area contributed by atoms with Crippen LogP contribution < -0.4 is 0 Å². The molecule has 66 valence electrons. The maximum absolute atomic E-state index is 5.28. The molecule has 2 heteroatoms. The second-order valence-corrected chi connectivity index (χ2v) is 4.63. The zero-order valence-corrected chi connectivity index (χ0v) is 7.92. The Labute approximate surface area is 72.9 Å². The summed E-state index contributed by atoms with van der Waals surface area (Å²) >= 11 is 0. The summed E-state index contributed by atoms with van der Waals surface area (Å²) in [6.07, 6.45) is 4.51. The minimum atomic E-state index is 0.106. The van der Waals surface area contributed by atoms with Crippen molar-refractivity contribution in [2.75, 3.05) is 0 Å². The minimum absolute atomic E-state index is 0.106. The quantitative estimate of drug-likeness (QED) is 0.639. The van der Waals surface area contributed by atoms with Crippen LogP contribution in [0.2, 0.25) is 0 Å². The zero-order valence-electron chi connectivity index (χ0n) is 7.92. The van der Waals surface area contributed by atoms with Gasteiger partial charge in [-0.1, -0.05) is 25.9 Å². The van der Waals surface area contributed by atoms with E-state index in [9.17, 15) is 0 Å². The first kappa shape index (κ1) is 7.84. The smallest absolute Gasteiger partial charge is 0.145 e. The molecule has 0 amide bonds. The molecule has 2 nitrogen and oxygen atoms in total. The van der Waals surface area contributed by atoms with Crippen molar-refractivity contribution in [1.29, 1.82) is 0 Å². The van der Waals surface area contributed by atoms with Crippen LogP contribution in [0.15, 0.2) is 10.7 Å². The predicted octanol–water partition coefficient (Wildman–Crippen LogP) is 2.85. The van der Waals surface area contributed by atoms with Crippen LogP contribution in [0.1, 0.15) is 50.9 Å². The highest BCUT2D eigenvalue weighted by Gasteiger charge is 2.32. The number of aromatic nitrogens is 1. The standard InChI is InChI=1S/C10H15NO/c1-10(2,3)9-8(6-11-12-9)7-4-5-7/h6-7H,4-5H2,1-3H3. The molecule has 0 radical (unpaired) electrons. The normalized spacial score (nSPS) is 18.2. The Balaban J connectivity index is 2.36. The van der Waals surface area contributed by atoms with Gasteiger partial charge in [0.1, 0.15) is 5.76 Å². The van der Waals surface area contributed by atoms with Gasteiger partial charge in [0.05, 0.1) is 6.20 Å². The Bertz CT molecular complexity index is 278. The summed E-state index contributed by atoms with van der Waals surface area (Å²) in [4.78, 5) is 0. The number of rotatable bonds is 1. The predicted molar refractivity (Wildman–Crippen MR) is 47.2 cm³/mol. The Morgan fingerprint density at radius 2 is 2.08 bits per heavy atom. The van der Waals surface area contributed by atoms with Crippen molar-refractivity contribution in [2.45, 2.75) is 44.9 Å². The molecule has 12 heavy (non-hydrogen) atoms. The minimum Gasteiger partial charge on any atom is -0.361 e. The van der Waals surface area contributed by atoms with E-state index in [4.69, 9.17) is 4.52 Å². The highest BCUT2D eigenvalue weighted by molar-refractivity contribution is 5.28. The number of hydrogen-bond donors (Lipinski definition) is 0. The summed E-state index contributed by atoms with van der Waals surface area (Å²) in [6, 6.07) is 0. The second-order valence-electron chi connectivity index (χ2n) is 4.63. The third kappa shape index (κ3) is 1.26. The summed E-state index contributed by atoms with van der Waals surface area (Å²) in [7, 11) is 0. The van der Waals surface area contributed by atoms with Crippen LogP contribution in [0.3, 0.4) is 0 Å². The van der Waals surface area contributed by atoms with Crippen molar-refractivity contribution in [3.8, 4) is 0 Å². The lowest BCUT2D eigenvalue weighted by molar-refractivity contribution is 0.327. The van der Waals surface area contributed by atoms with E-state index in [1.165, 1.54) is 18.4 Å². The van der Waals surface area contributed by atoms with E-state index >= 15 is 0 Å². The molecule has 0 spiro atoms. The first-order valence-corrected chi connectivity index (χ1v) is 4.54. The maximum atomic E-state index is 5.28. The lowest BCUT2D eigenvalue weighted by atomic mass is 9.89. The van der Waals surface area contributed by atoms with E-state index in [-0.39, 0.29) is 5.41 Å². The summed E-state index contributed by atoms with van der Waals surface area (Å²) in [5.41, 5.74) is 1.44. The van der Waals surface area contributed by atoms with E-state index in [2.05, 4.69) is 25.9 Å². The summed E-state index contributed by atoms with van der Waals surface area (Å²) in [5, 5.41) is 3.87. The van der Waals surface area contributed by atoms with Gasteiger partial charge in [0.2, 0.25) is 0 Å². The van der Waals surface area contributed by atoms with Gasteiger partial charge in [0.15, 0.2) is 0 Å². The Kier molecular flexibility index (Phi) is 1.53. The monoisotopic (exact) mass is 165 g/mol. The topological polar surface area (TPSA) is 26.0 Å². The van der Waals surface area contributed by atoms with E-state index in [0.29, 0.717) is 0 Å². The molecule has 0 N–H and O–H groups in total. The van der Waals surface area contributed by atoms with E-state index in [1.54, 1.807) is 0 Å². The molecule has 1 aromatic rings. The van der Waals surface area contributed by atoms with Gasteiger partial charge in [-0.25, -0.2) is 0 Å². The molecule has 1 saturated carbocycles. The zero-order chi connectivity index (χ0) is 8.77. The molecular weight excluding hydrogens is 150 g/mol. The summed E-state index contributed by atoms with van der Waals surface area (Å²) < 4.78 is 5.28. The van der Waals surface area contributed by atoms with Gasteiger partial charge in [-0.3, -0.25) is 0 Å². The van der Waals surface area contributed by atoms with Crippen molar-refractivity contribution >= 4 is 0 Å². The molecule has 0 saturated heterocycles. The average Bonchev–Trinajstić information content (AvgIpc) is 2.65. The van der Waals surface area contributed by atoms with Crippen LogP contribution >= 0.6 is 0 Å². The highest BCUT2D eigenvalue weighted by Crippen LogP contribution is 2.44. The molecular formula is C10H15NO. The van der Waals surface area contributed by atoms with Gasteiger partial charge in [-0.05, 0) is 18.8 Å². The molecule has 2 rings (SSSR count). The Hall–Kier alpha value is -0.790. The van der Waals surface area contributed by atoms with Crippen molar-refractivity contribution in [2.24, 2.45) is 0 Å². The fourth-order valence-corrected chi connectivity index (χ4v) is 1.50. The fraction of sp³-hybridized carbons (Fsp3) is 0.700. The summed E-state index contributed by atoms with van der Waals surface area (Å²) in [6.45, 7) is 6.50. The van der Waals surface area contributed by atoms with Gasteiger partial charge in [0, 0.05) is 11.0 Å². The van der Waals surface area contributed by atoms with Crippen molar-refractivity contribution < 1.29 is 4.52 Å². The first-order valence-electron chi connectivity index (χ1n) is 4.54. The van der Waals surface area contributed by atoms with E-state index in [0.717, 1.165) is 11.7 Å². The van der Waals surface area contributed by atoms with Crippen molar-refractivity contribution in [3.05, 3.63) is 17.5 Å². The number of hydrogen-bond acceptors (Lipinski definition) is 2. The maximum Gasteiger partial charge on any atom is 0.145 e. The number of nitrogens with zero attached hydrogens (tertiary/aromatic N) is 1. The first-order chi connectivity index (χ1) is 5.59.